The second-order valence-electron chi connectivity index (χ2n) is 5.86. The fourth-order valence-corrected chi connectivity index (χ4v) is 2.09. The van der Waals surface area contributed by atoms with Crippen LogP contribution in [0.5, 0.6) is 5.75 Å². The molecular weight excluding hydrogens is 264 g/mol. The Balaban J connectivity index is 2.48. The highest BCUT2D eigenvalue weighted by Gasteiger charge is 2.16. The van der Waals surface area contributed by atoms with Gasteiger partial charge in [-0.2, -0.15) is 0 Å². The van der Waals surface area contributed by atoms with E-state index >= 15 is 0 Å². The van der Waals surface area contributed by atoms with Gasteiger partial charge in [0.05, 0.1) is 13.2 Å². The van der Waals surface area contributed by atoms with Crippen LogP contribution >= 0.6 is 0 Å². The summed E-state index contributed by atoms with van der Waals surface area (Å²) in [5.74, 6) is 1.48. The highest BCUT2D eigenvalue weighted by molar-refractivity contribution is 5.81. The lowest BCUT2D eigenvalue weighted by Crippen LogP contribution is -2.43. The molecule has 0 fully saturated rings. The molecule has 0 saturated carbocycles. The minimum absolute atomic E-state index is 0.0467. The van der Waals surface area contributed by atoms with Gasteiger partial charge in [-0.1, -0.05) is 26.0 Å². The Morgan fingerprint density at radius 3 is 2.57 bits per heavy atom. The molecule has 1 rings (SSSR count). The standard InChI is InChI=1S/C17H28N2O2/c1-12(2)9-10-18-17(20)14(4)19-13(3)15-7-6-8-16(11-15)21-5/h6-8,11-14,19H,9-10H2,1-5H3,(H,18,20)/t13-,14?/m0/s1. The molecule has 0 aliphatic rings. The van der Waals surface area contributed by atoms with Crippen molar-refractivity contribution in [2.24, 2.45) is 5.92 Å². The van der Waals surface area contributed by atoms with Crippen molar-refractivity contribution in [1.29, 1.82) is 0 Å². The molecule has 2 atom stereocenters. The number of hydrogen-bond acceptors (Lipinski definition) is 3. The summed E-state index contributed by atoms with van der Waals surface area (Å²) in [4.78, 5) is 12.0. The molecule has 0 saturated heterocycles. The molecule has 4 heteroatoms. The molecule has 1 unspecified atom stereocenters. The summed E-state index contributed by atoms with van der Waals surface area (Å²) >= 11 is 0. The quantitative estimate of drug-likeness (QED) is 0.774. The van der Waals surface area contributed by atoms with E-state index in [1.54, 1.807) is 7.11 Å². The molecule has 1 aromatic rings. The third-order valence-corrected chi connectivity index (χ3v) is 3.51. The van der Waals surface area contributed by atoms with Gasteiger partial charge < -0.3 is 10.1 Å². The molecule has 0 aromatic heterocycles. The Kier molecular flexibility index (Phi) is 7.23. The predicted molar refractivity (Wildman–Crippen MR) is 86.5 cm³/mol. The van der Waals surface area contributed by atoms with Gasteiger partial charge >= 0.3 is 0 Å². The molecule has 0 radical (unpaired) electrons. The molecule has 0 aliphatic heterocycles. The van der Waals surface area contributed by atoms with Crippen molar-refractivity contribution in [3.05, 3.63) is 29.8 Å². The van der Waals surface area contributed by atoms with Crippen LogP contribution in [0.2, 0.25) is 0 Å². The summed E-state index contributed by atoms with van der Waals surface area (Å²) < 4.78 is 5.23. The van der Waals surface area contributed by atoms with Crippen LogP contribution in [0, 0.1) is 5.92 Å². The third kappa shape index (κ3) is 6.17. The maximum atomic E-state index is 12.0. The van der Waals surface area contributed by atoms with Gasteiger partial charge in [-0.25, -0.2) is 0 Å². The van der Waals surface area contributed by atoms with E-state index < -0.39 is 0 Å². The van der Waals surface area contributed by atoms with Gasteiger partial charge in [0.2, 0.25) is 5.91 Å². The van der Waals surface area contributed by atoms with Gasteiger partial charge in [0.1, 0.15) is 5.75 Å². The van der Waals surface area contributed by atoms with Crippen molar-refractivity contribution >= 4 is 5.91 Å². The molecule has 0 heterocycles. The largest absolute Gasteiger partial charge is 0.497 e. The van der Waals surface area contributed by atoms with Gasteiger partial charge in [-0.3, -0.25) is 10.1 Å². The molecule has 0 aliphatic carbocycles. The maximum absolute atomic E-state index is 12.0. The van der Waals surface area contributed by atoms with E-state index in [-0.39, 0.29) is 18.0 Å². The molecular formula is C17H28N2O2. The highest BCUT2D eigenvalue weighted by Crippen LogP contribution is 2.19. The number of hydrogen-bond donors (Lipinski definition) is 2. The van der Waals surface area contributed by atoms with Crippen LogP contribution < -0.4 is 15.4 Å². The van der Waals surface area contributed by atoms with E-state index in [1.807, 2.05) is 38.1 Å². The first-order valence-corrected chi connectivity index (χ1v) is 7.61. The average molecular weight is 292 g/mol. The number of nitrogens with one attached hydrogen (secondary N) is 2. The Hall–Kier alpha value is -1.55. The minimum atomic E-state index is -0.224. The molecule has 4 nitrogen and oxygen atoms in total. The van der Waals surface area contributed by atoms with Crippen molar-refractivity contribution in [2.45, 2.75) is 46.2 Å². The first kappa shape index (κ1) is 17.5. The normalized spacial score (nSPS) is 13.8. The lowest BCUT2D eigenvalue weighted by molar-refractivity contribution is -0.122. The second-order valence-corrected chi connectivity index (χ2v) is 5.86. The fourth-order valence-electron chi connectivity index (χ4n) is 2.09. The summed E-state index contributed by atoms with van der Waals surface area (Å²) in [6.07, 6.45) is 1.00. The Labute approximate surface area is 128 Å². The van der Waals surface area contributed by atoms with Crippen LogP contribution in [-0.4, -0.2) is 25.6 Å². The zero-order valence-corrected chi connectivity index (χ0v) is 13.8. The number of amides is 1. The number of benzene rings is 1. The van der Waals surface area contributed by atoms with Crippen LogP contribution in [0.4, 0.5) is 0 Å². The lowest BCUT2D eigenvalue weighted by Gasteiger charge is -2.20. The smallest absolute Gasteiger partial charge is 0.236 e. The van der Waals surface area contributed by atoms with E-state index in [4.69, 9.17) is 4.74 Å². The van der Waals surface area contributed by atoms with Gasteiger partial charge in [-0.15, -0.1) is 0 Å². The first-order chi connectivity index (χ1) is 9.93. The van der Waals surface area contributed by atoms with Crippen LogP contribution in [0.3, 0.4) is 0 Å². The van der Waals surface area contributed by atoms with Crippen LogP contribution in [0.1, 0.15) is 45.7 Å². The van der Waals surface area contributed by atoms with E-state index in [1.165, 1.54) is 0 Å². The van der Waals surface area contributed by atoms with Gasteiger partial charge in [-0.05, 0) is 43.9 Å². The molecule has 2 N–H and O–H groups in total. The SMILES string of the molecule is COc1cccc([C@H](C)NC(C)C(=O)NCCC(C)C)c1. The minimum Gasteiger partial charge on any atom is -0.497 e. The molecule has 1 aromatic carbocycles. The van der Waals surface area contributed by atoms with E-state index in [2.05, 4.69) is 24.5 Å². The summed E-state index contributed by atoms with van der Waals surface area (Å²) in [5, 5.41) is 6.28. The van der Waals surface area contributed by atoms with Crippen molar-refractivity contribution in [2.75, 3.05) is 13.7 Å². The number of carbonyl (C=O) groups excluding carboxylic acids is 1. The molecule has 1 amide bonds. The summed E-state index contributed by atoms with van der Waals surface area (Å²) in [7, 11) is 1.65. The zero-order valence-electron chi connectivity index (χ0n) is 13.8. The maximum Gasteiger partial charge on any atom is 0.236 e. The molecule has 21 heavy (non-hydrogen) atoms. The van der Waals surface area contributed by atoms with Crippen molar-refractivity contribution in [3.63, 3.8) is 0 Å². The molecule has 0 spiro atoms. The van der Waals surface area contributed by atoms with E-state index in [9.17, 15) is 4.79 Å². The summed E-state index contributed by atoms with van der Waals surface area (Å²) in [6.45, 7) is 8.97. The monoisotopic (exact) mass is 292 g/mol. The predicted octanol–water partition coefficient (Wildman–Crippen LogP) is 2.90. The van der Waals surface area contributed by atoms with Gasteiger partial charge in [0.15, 0.2) is 0 Å². The number of methoxy groups -OCH3 is 1. The van der Waals surface area contributed by atoms with E-state index in [0.29, 0.717) is 5.92 Å². The van der Waals surface area contributed by atoms with Crippen molar-refractivity contribution < 1.29 is 9.53 Å². The van der Waals surface area contributed by atoms with Crippen molar-refractivity contribution in [1.82, 2.24) is 10.6 Å². The van der Waals surface area contributed by atoms with Crippen LogP contribution in [0.15, 0.2) is 24.3 Å². The Morgan fingerprint density at radius 2 is 1.95 bits per heavy atom. The Bertz CT molecular complexity index is 446. The van der Waals surface area contributed by atoms with Crippen molar-refractivity contribution in [3.8, 4) is 5.75 Å². The lowest BCUT2D eigenvalue weighted by atomic mass is 10.1. The fraction of sp³-hybridized carbons (Fsp3) is 0.588. The number of rotatable bonds is 8. The summed E-state index contributed by atoms with van der Waals surface area (Å²) in [6, 6.07) is 7.76. The van der Waals surface area contributed by atoms with Gasteiger partial charge in [0, 0.05) is 12.6 Å². The summed E-state index contributed by atoms with van der Waals surface area (Å²) in [5.41, 5.74) is 1.11. The Morgan fingerprint density at radius 1 is 1.24 bits per heavy atom. The molecule has 118 valence electrons. The first-order valence-electron chi connectivity index (χ1n) is 7.61. The number of ether oxygens (including phenoxy) is 1. The van der Waals surface area contributed by atoms with Crippen LogP contribution in [-0.2, 0) is 4.79 Å². The number of carbonyl (C=O) groups is 1. The second kappa shape index (κ2) is 8.67. The highest BCUT2D eigenvalue weighted by atomic mass is 16.5. The molecule has 0 bridgehead atoms. The third-order valence-electron chi connectivity index (χ3n) is 3.51. The van der Waals surface area contributed by atoms with Crippen LogP contribution in [0.25, 0.3) is 0 Å². The zero-order chi connectivity index (χ0) is 15.8. The van der Waals surface area contributed by atoms with Gasteiger partial charge in [0.25, 0.3) is 0 Å². The topological polar surface area (TPSA) is 50.4 Å². The average Bonchev–Trinajstić information content (AvgIpc) is 2.46. The van der Waals surface area contributed by atoms with E-state index in [0.717, 1.165) is 24.3 Å².